The number of hydrogen-bond donors (Lipinski definition) is 2. The highest BCUT2D eigenvalue weighted by Gasteiger charge is 2.26. The van der Waals surface area contributed by atoms with Crippen molar-refractivity contribution in [2.45, 2.75) is 73.6 Å². The molecule has 0 radical (unpaired) electrons. The minimum Gasteiger partial charge on any atom is -0.455 e. The fraction of sp³-hybridized carbons (Fsp3) is 0.333. The third-order valence-corrected chi connectivity index (χ3v) is 7.83. The van der Waals surface area contributed by atoms with Crippen molar-refractivity contribution in [2.75, 3.05) is 0 Å². The summed E-state index contributed by atoms with van der Waals surface area (Å²) >= 11 is 0. The third kappa shape index (κ3) is 6.42. The summed E-state index contributed by atoms with van der Waals surface area (Å²) < 4.78 is 34.9. The van der Waals surface area contributed by atoms with E-state index in [9.17, 15) is 13.2 Å². The first-order valence-electron chi connectivity index (χ1n) is 12.5. The molecule has 0 bridgehead atoms. The van der Waals surface area contributed by atoms with E-state index in [2.05, 4.69) is 21.6 Å². The van der Waals surface area contributed by atoms with Crippen LogP contribution < -0.4 is 9.46 Å². The van der Waals surface area contributed by atoms with Gasteiger partial charge in [0.05, 0.1) is 16.7 Å². The maximum absolute atomic E-state index is 13.3. The molecule has 0 atom stereocenters. The molecule has 0 aliphatic heterocycles. The molecule has 2 heterocycles. The SMILES string of the molecule is C.CC.CCCc1ccc(C(=O)NS(=O)(=O)c2c(C)cc(C)c(C)c2C)c(Oc2cnc3[nH]ccc3c2)c1. The van der Waals surface area contributed by atoms with Gasteiger partial charge in [0.25, 0.3) is 15.9 Å². The first-order valence-corrected chi connectivity index (χ1v) is 14.0. The largest absolute Gasteiger partial charge is 0.455 e. The number of ether oxygens (including phenoxy) is 1. The maximum Gasteiger partial charge on any atom is 0.268 e. The van der Waals surface area contributed by atoms with E-state index < -0.39 is 15.9 Å². The van der Waals surface area contributed by atoms with Crippen LogP contribution in [-0.2, 0) is 16.4 Å². The Hall–Kier alpha value is -3.65. The molecule has 0 aliphatic rings. The summed E-state index contributed by atoms with van der Waals surface area (Å²) in [6, 6.07) is 10.7. The molecule has 1 amide bonds. The Kier molecular flexibility index (Phi) is 10.2. The minimum absolute atomic E-state index is 0. The zero-order valence-corrected chi connectivity index (χ0v) is 23.3. The summed E-state index contributed by atoms with van der Waals surface area (Å²) in [5.74, 6) is -0.0341. The number of sulfonamides is 1. The number of nitrogens with zero attached hydrogens (tertiary/aromatic N) is 1. The second-order valence-corrected chi connectivity index (χ2v) is 10.4. The monoisotopic (exact) mass is 537 g/mol. The van der Waals surface area contributed by atoms with Crippen LogP contribution in [0.25, 0.3) is 11.0 Å². The van der Waals surface area contributed by atoms with Crippen LogP contribution in [0.3, 0.4) is 0 Å². The number of hydrogen-bond acceptors (Lipinski definition) is 5. The van der Waals surface area contributed by atoms with Crippen molar-refractivity contribution in [3.63, 3.8) is 0 Å². The molecular formula is C30H39N3O4S. The van der Waals surface area contributed by atoms with E-state index in [1.54, 1.807) is 38.4 Å². The van der Waals surface area contributed by atoms with E-state index >= 15 is 0 Å². The molecule has 2 N–H and O–H groups in total. The Bertz CT molecular complexity index is 1540. The van der Waals surface area contributed by atoms with E-state index in [-0.39, 0.29) is 23.6 Å². The second-order valence-electron chi connectivity index (χ2n) is 8.79. The van der Waals surface area contributed by atoms with Gasteiger partial charge in [-0.2, -0.15) is 0 Å². The number of H-pyrrole nitrogens is 1. The molecule has 0 saturated carbocycles. The van der Waals surface area contributed by atoms with Crippen LogP contribution >= 0.6 is 0 Å². The Morgan fingerprint density at radius 3 is 2.39 bits per heavy atom. The van der Waals surface area contributed by atoms with Crippen LogP contribution in [0, 0.1) is 27.7 Å². The Labute approximate surface area is 226 Å². The normalized spacial score (nSPS) is 10.8. The first-order chi connectivity index (χ1) is 17.6. The number of rotatable bonds is 7. The summed E-state index contributed by atoms with van der Waals surface area (Å²) in [6.45, 7) is 13.4. The summed E-state index contributed by atoms with van der Waals surface area (Å²) in [7, 11) is -4.11. The maximum atomic E-state index is 13.3. The van der Waals surface area contributed by atoms with Gasteiger partial charge in [-0.05, 0) is 86.2 Å². The van der Waals surface area contributed by atoms with Gasteiger partial charge in [0.15, 0.2) is 0 Å². The first kappa shape index (κ1) is 30.6. The molecule has 204 valence electrons. The van der Waals surface area contributed by atoms with Gasteiger partial charge in [-0.1, -0.05) is 46.8 Å². The highest BCUT2D eigenvalue weighted by atomic mass is 32.2. The van der Waals surface area contributed by atoms with Gasteiger partial charge in [0.1, 0.15) is 17.1 Å². The molecule has 8 heteroatoms. The number of pyridine rings is 1. The fourth-order valence-electron chi connectivity index (χ4n) is 4.29. The van der Waals surface area contributed by atoms with E-state index in [1.807, 2.05) is 52.0 Å². The van der Waals surface area contributed by atoms with Gasteiger partial charge in [0, 0.05) is 11.6 Å². The molecule has 4 rings (SSSR count). The van der Waals surface area contributed by atoms with Crippen LogP contribution in [0.5, 0.6) is 11.5 Å². The number of benzene rings is 2. The summed E-state index contributed by atoms with van der Waals surface area (Å²) in [5, 5.41) is 0.862. The zero-order chi connectivity index (χ0) is 27.3. The standard InChI is InChI=1S/C27H29N3O4S.C2H6.CH4/c1-6-7-20-8-9-23(24(13-20)34-22-14-21-10-11-28-26(21)29-15-22)27(31)30-35(32,33)25-17(3)12-16(2)18(4)19(25)5;1-2;/h8-15H,6-7H2,1-5H3,(H,28,29)(H,30,31);1-2H3;1H4. The lowest BCUT2D eigenvalue weighted by atomic mass is 10.0. The van der Waals surface area contributed by atoms with E-state index in [0.717, 1.165) is 40.6 Å². The quantitative estimate of drug-likeness (QED) is 0.257. The predicted octanol–water partition coefficient (Wildman–Crippen LogP) is 7.32. The van der Waals surface area contributed by atoms with Crippen molar-refractivity contribution < 1.29 is 17.9 Å². The number of nitrogens with one attached hydrogen (secondary N) is 2. The molecule has 0 fully saturated rings. The van der Waals surface area contributed by atoms with Gasteiger partial charge in [-0.25, -0.2) is 18.1 Å². The van der Waals surface area contributed by atoms with Crippen molar-refractivity contribution >= 4 is 27.0 Å². The molecule has 0 aliphatic carbocycles. The van der Waals surface area contributed by atoms with Gasteiger partial charge in [-0.3, -0.25) is 4.79 Å². The van der Waals surface area contributed by atoms with Crippen LogP contribution in [0.4, 0.5) is 0 Å². The lowest BCUT2D eigenvalue weighted by Crippen LogP contribution is -2.32. The van der Waals surface area contributed by atoms with Gasteiger partial charge in [0.2, 0.25) is 0 Å². The third-order valence-electron chi connectivity index (χ3n) is 6.21. The molecule has 4 aromatic rings. The highest BCUT2D eigenvalue weighted by Crippen LogP contribution is 2.30. The molecule has 2 aromatic carbocycles. The molecular weight excluding hydrogens is 498 g/mol. The van der Waals surface area contributed by atoms with Gasteiger partial charge < -0.3 is 9.72 Å². The number of carbonyl (C=O) groups is 1. The number of aromatic amines is 1. The lowest BCUT2D eigenvalue weighted by molar-refractivity contribution is 0.0979. The van der Waals surface area contributed by atoms with E-state index in [0.29, 0.717) is 16.9 Å². The van der Waals surface area contributed by atoms with Crippen LogP contribution in [0.15, 0.2) is 53.7 Å². The average Bonchev–Trinajstić information content (AvgIpc) is 3.32. The van der Waals surface area contributed by atoms with E-state index in [1.165, 1.54) is 0 Å². The van der Waals surface area contributed by atoms with Crippen molar-refractivity contribution in [3.05, 3.63) is 82.2 Å². The van der Waals surface area contributed by atoms with E-state index in [4.69, 9.17) is 4.74 Å². The fourth-order valence-corrected chi connectivity index (χ4v) is 5.78. The molecule has 38 heavy (non-hydrogen) atoms. The molecule has 0 saturated heterocycles. The summed E-state index contributed by atoms with van der Waals surface area (Å²) in [6.07, 6.45) is 5.06. The van der Waals surface area contributed by atoms with Crippen molar-refractivity contribution in [3.8, 4) is 11.5 Å². The molecule has 7 nitrogen and oxygen atoms in total. The molecule has 0 unspecified atom stereocenters. The highest BCUT2D eigenvalue weighted by molar-refractivity contribution is 7.90. The smallest absolute Gasteiger partial charge is 0.268 e. The number of carbonyl (C=O) groups excluding carboxylic acids is 1. The number of aromatic nitrogens is 2. The molecule has 0 spiro atoms. The lowest BCUT2D eigenvalue weighted by Gasteiger charge is -2.17. The van der Waals surface area contributed by atoms with Crippen molar-refractivity contribution in [2.24, 2.45) is 0 Å². The van der Waals surface area contributed by atoms with Crippen molar-refractivity contribution in [1.29, 1.82) is 0 Å². The Morgan fingerprint density at radius 1 is 1.00 bits per heavy atom. The summed E-state index contributed by atoms with van der Waals surface area (Å²) in [4.78, 5) is 20.7. The van der Waals surface area contributed by atoms with Gasteiger partial charge in [-0.15, -0.1) is 0 Å². The Balaban J connectivity index is 0.00000165. The van der Waals surface area contributed by atoms with Crippen LogP contribution in [-0.4, -0.2) is 24.3 Å². The van der Waals surface area contributed by atoms with Crippen LogP contribution in [0.1, 0.15) is 72.8 Å². The minimum atomic E-state index is -4.11. The van der Waals surface area contributed by atoms with Crippen LogP contribution in [0.2, 0.25) is 0 Å². The zero-order valence-electron chi connectivity index (χ0n) is 22.5. The number of aryl methyl sites for hydroxylation is 3. The number of fused-ring (bicyclic) bond motifs is 1. The second kappa shape index (κ2) is 12.7. The summed E-state index contributed by atoms with van der Waals surface area (Å²) in [5.41, 5.74) is 4.93. The average molecular weight is 538 g/mol. The van der Waals surface area contributed by atoms with Crippen molar-refractivity contribution in [1.82, 2.24) is 14.7 Å². The number of amides is 1. The molecule has 2 aromatic heterocycles. The van der Waals surface area contributed by atoms with Gasteiger partial charge >= 0.3 is 0 Å². The topological polar surface area (TPSA) is 101 Å². The Morgan fingerprint density at radius 2 is 1.71 bits per heavy atom. The predicted molar refractivity (Wildman–Crippen MR) is 155 cm³/mol.